The van der Waals surface area contributed by atoms with E-state index in [9.17, 15) is 8.78 Å². The van der Waals surface area contributed by atoms with Crippen LogP contribution in [0.25, 0.3) is 0 Å². The Morgan fingerprint density at radius 2 is 1.83 bits per heavy atom. The lowest BCUT2D eigenvalue weighted by atomic mass is 10.2. The van der Waals surface area contributed by atoms with Gasteiger partial charge in [0, 0.05) is 16.7 Å². The van der Waals surface area contributed by atoms with Crippen molar-refractivity contribution in [2.45, 2.75) is 6.61 Å². The van der Waals surface area contributed by atoms with Crippen molar-refractivity contribution in [3.63, 3.8) is 0 Å². The van der Waals surface area contributed by atoms with E-state index in [4.69, 9.17) is 21.4 Å². The zero-order valence-electron chi connectivity index (χ0n) is 9.16. The number of aliphatic hydroxyl groups excluding tert-OH is 1. The van der Waals surface area contributed by atoms with Crippen LogP contribution in [0.4, 0.5) is 8.78 Å². The highest BCUT2D eigenvalue weighted by atomic mass is 35.5. The fourth-order valence-electron chi connectivity index (χ4n) is 1.44. The molecule has 0 saturated heterocycles. The van der Waals surface area contributed by atoms with Gasteiger partial charge in [0.15, 0.2) is 11.6 Å². The number of benzene rings is 2. The summed E-state index contributed by atoms with van der Waals surface area (Å²) >= 11 is 5.77. The zero-order chi connectivity index (χ0) is 13.1. The highest BCUT2D eigenvalue weighted by molar-refractivity contribution is 6.30. The van der Waals surface area contributed by atoms with Crippen molar-refractivity contribution < 1.29 is 18.6 Å². The smallest absolute Gasteiger partial charge is 0.162 e. The molecule has 0 aliphatic heterocycles. The van der Waals surface area contributed by atoms with Crippen molar-refractivity contribution in [3.8, 4) is 11.5 Å². The van der Waals surface area contributed by atoms with E-state index in [0.29, 0.717) is 16.3 Å². The quantitative estimate of drug-likeness (QED) is 0.916. The molecule has 0 radical (unpaired) electrons. The van der Waals surface area contributed by atoms with E-state index < -0.39 is 11.6 Å². The number of aliphatic hydroxyl groups is 1. The minimum Gasteiger partial charge on any atom is -0.457 e. The SMILES string of the molecule is OCc1cc(Cl)ccc1Oc1ccc(F)c(F)c1. The van der Waals surface area contributed by atoms with E-state index in [2.05, 4.69) is 0 Å². The first-order chi connectivity index (χ1) is 8.60. The van der Waals surface area contributed by atoms with Gasteiger partial charge in [0.05, 0.1) is 6.61 Å². The van der Waals surface area contributed by atoms with Crippen LogP contribution in [0.2, 0.25) is 5.02 Å². The molecule has 2 rings (SSSR count). The minimum atomic E-state index is -0.994. The molecule has 0 fully saturated rings. The monoisotopic (exact) mass is 270 g/mol. The molecule has 0 unspecified atom stereocenters. The molecule has 0 aliphatic rings. The summed E-state index contributed by atoms with van der Waals surface area (Å²) < 4.78 is 31.1. The van der Waals surface area contributed by atoms with E-state index >= 15 is 0 Å². The average molecular weight is 271 g/mol. The first kappa shape index (κ1) is 12.8. The Balaban J connectivity index is 2.30. The summed E-state index contributed by atoms with van der Waals surface area (Å²) in [4.78, 5) is 0. The molecule has 0 atom stereocenters. The molecule has 0 spiro atoms. The Morgan fingerprint density at radius 1 is 1.06 bits per heavy atom. The van der Waals surface area contributed by atoms with Gasteiger partial charge in [-0.15, -0.1) is 0 Å². The van der Waals surface area contributed by atoms with Crippen LogP contribution in [-0.2, 0) is 6.61 Å². The Hall–Kier alpha value is -1.65. The van der Waals surface area contributed by atoms with Crippen molar-refractivity contribution >= 4 is 11.6 Å². The molecule has 0 amide bonds. The van der Waals surface area contributed by atoms with Crippen molar-refractivity contribution in [1.82, 2.24) is 0 Å². The Bertz CT molecular complexity index is 573. The maximum atomic E-state index is 13.0. The molecule has 5 heteroatoms. The van der Waals surface area contributed by atoms with Gasteiger partial charge in [-0.2, -0.15) is 0 Å². The van der Waals surface area contributed by atoms with E-state index in [1.807, 2.05) is 0 Å². The van der Waals surface area contributed by atoms with E-state index in [0.717, 1.165) is 12.1 Å². The van der Waals surface area contributed by atoms with Crippen LogP contribution >= 0.6 is 11.6 Å². The number of halogens is 3. The van der Waals surface area contributed by atoms with Gasteiger partial charge < -0.3 is 9.84 Å². The first-order valence-corrected chi connectivity index (χ1v) is 5.50. The topological polar surface area (TPSA) is 29.5 Å². The Kier molecular flexibility index (Phi) is 3.79. The predicted octanol–water partition coefficient (Wildman–Crippen LogP) is 3.90. The van der Waals surface area contributed by atoms with E-state index in [1.165, 1.54) is 12.1 Å². The number of ether oxygens (including phenoxy) is 1. The Morgan fingerprint density at radius 3 is 2.50 bits per heavy atom. The average Bonchev–Trinajstić information content (AvgIpc) is 2.36. The molecule has 0 saturated carbocycles. The third kappa shape index (κ3) is 2.78. The van der Waals surface area contributed by atoms with Gasteiger partial charge in [-0.25, -0.2) is 8.78 Å². The fourth-order valence-corrected chi connectivity index (χ4v) is 1.63. The second-order valence-electron chi connectivity index (χ2n) is 3.59. The Labute approximate surface area is 107 Å². The third-order valence-corrected chi connectivity index (χ3v) is 2.55. The van der Waals surface area contributed by atoms with Crippen LogP contribution in [-0.4, -0.2) is 5.11 Å². The third-order valence-electron chi connectivity index (χ3n) is 2.31. The number of rotatable bonds is 3. The van der Waals surface area contributed by atoms with E-state index in [-0.39, 0.29) is 12.4 Å². The molecule has 1 N–H and O–H groups in total. The van der Waals surface area contributed by atoms with Gasteiger partial charge in [-0.1, -0.05) is 11.6 Å². The van der Waals surface area contributed by atoms with Crippen molar-refractivity contribution in [2.75, 3.05) is 0 Å². The number of hydrogen-bond acceptors (Lipinski definition) is 2. The number of hydrogen-bond donors (Lipinski definition) is 1. The lowest BCUT2D eigenvalue weighted by Crippen LogP contribution is -1.93. The van der Waals surface area contributed by atoms with Gasteiger partial charge >= 0.3 is 0 Å². The molecule has 0 aromatic heterocycles. The molecule has 94 valence electrons. The van der Waals surface area contributed by atoms with Crippen molar-refractivity contribution in [1.29, 1.82) is 0 Å². The highest BCUT2D eigenvalue weighted by Gasteiger charge is 2.08. The molecule has 2 aromatic carbocycles. The summed E-state index contributed by atoms with van der Waals surface area (Å²) in [5.41, 5.74) is 0.465. The predicted molar refractivity (Wildman–Crippen MR) is 63.8 cm³/mol. The van der Waals surface area contributed by atoms with Gasteiger partial charge in [0.25, 0.3) is 0 Å². The molecular formula is C13H9ClF2O2. The van der Waals surface area contributed by atoms with Crippen LogP contribution in [0.15, 0.2) is 36.4 Å². The van der Waals surface area contributed by atoms with Crippen LogP contribution in [0.5, 0.6) is 11.5 Å². The molecule has 2 nitrogen and oxygen atoms in total. The zero-order valence-corrected chi connectivity index (χ0v) is 9.92. The van der Waals surface area contributed by atoms with E-state index in [1.54, 1.807) is 12.1 Å². The summed E-state index contributed by atoms with van der Waals surface area (Å²) in [7, 11) is 0. The molecular weight excluding hydrogens is 262 g/mol. The molecule has 0 bridgehead atoms. The summed E-state index contributed by atoms with van der Waals surface area (Å²) in [5, 5.41) is 9.60. The molecule has 0 aliphatic carbocycles. The van der Waals surface area contributed by atoms with Crippen LogP contribution in [0.3, 0.4) is 0 Å². The van der Waals surface area contributed by atoms with Gasteiger partial charge in [-0.3, -0.25) is 0 Å². The maximum absolute atomic E-state index is 13.0. The largest absolute Gasteiger partial charge is 0.457 e. The second kappa shape index (κ2) is 5.33. The highest BCUT2D eigenvalue weighted by Crippen LogP contribution is 2.28. The molecule has 0 heterocycles. The maximum Gasteiger partial charge on any atom is 0.162 e. The van der Waals surface area contributed by atoms with Gasteiger partial charge in [0.2, 0.25) is 0 Å². The van der Waals surface area contributed by atoms with Crippen molar-refractivity contribution in [3.05, 3.63) is 58.6 Å². The summed E-state index contributed by atoms with van der Waals surface area (Å²) in [6.07, 6.45) is 0. The summed E-state index contributed by atoms with van der Waals surface area (Å²) in [6, 6.07) is 7.88. The summed E-state index contributed by atoms with van der Waals surface area (Å²) in [5.74, 6) is -1.45. The normalized spacial score (nSPS) is 10.4. The second-order valence-corrected chi connectivity index (χ2v) is 4.02. The summed E-state index contributed by atoms with van der Waals surface area (Å²) in [6.45, 7) is -0.264. The van der Waals surface area contributed by atoms with Crippen molar-refractivity contribution in [2.24, 2.45) is 0 Å². The van der Waals surface area contributed by atoms with Gasteiger partial charge in [0.1, 0.15) is 11.5 Å². The lowest BCUT2D eigenvalue weighted by Gasteiger charge is -2.10. The van der Waals surface area contributed by atoms with Crippen LogP contribution in [0.1, 0.15) is 5.56 Å². The standard InChI is InChI=1S/C13H9ClF2O2/c14-9-1-4-13(8(5-9)7-17)18-10-2-3-11(15)12(16)6-10/h1-6,17H,7H2. The molecule has 18 heavy (non-hydrogen) atoms. The lowest BCUT2D eigenvalue weighted by molar-refractivity contribution is 0.276. The van der Waals surface area contributed by atoms with Gasteiger partial charge in [-0.05, 0) is 30.3 Å². The van der Waals surface area contributed by atoms with Crippen LogP contribution < -0.4 is 4.74 Å². The van der Waals surface area contributed by atoms with Crippen LogP contribution in [0, 0.1) is 11.6 Å². The molecule has 2 aromatic rings. The minimum absolute atomic E-state index is 0.144. The fraction of sp³-hybridized carbons (Fsp3) is 0.0769. The first-order valence-electron chi connectivity index (χ1n) is 5.12.